The summed E-state index contributed by atoms with van der Waals surface area (Å²) in [6.07, 6.45) is 2.30. The van der Waals surface area contributed by atoms with Crippen LogP contribution in [0.1, 0.15) is 49.5 Å². The van der Waals surface area contributed by atoms with Gasteiger partial charge in [0.05, 0.1) is 18.9 Å². The van der Waals surface area contributed by atoms with E-state index in [-0.39, 0.29) is 17.4 Å². The van der Waals surface area contributed by atoms with Crippen molar-refractivity contribution in [3.8, 4) is 11.5 Å². The minimum atomic E-state index is -0.185. The van der Waals surface area contributed by atoms with Crippen molar-refractivity contribution in [1.82, 2.24) is 0 Å². The number of methoxy groups -OCH3 is 1. The van der Waals surface area contributed by atoms with Crippen molar-refractivity contribution < 1.29 is 19.0 Å². The number of rotatable bonds is 6. The summed E-state index contributed by atoms with van der Waals surface area (Å²) in [5, 5.41) is 2.96. The van der Waals surface area contributed by atoms with Gasteiger partial charge in [0.1, 0.15) is 18.1 Å². The number of carbonyl (C=O) groups excluding carboxylic acids is 1. The van der Waals surface area contributed by atoms with E-state index in [1.807, 2.05) is 30.3 Å². The molecule has 0 unspecified atom stereocenters. The molecule has 0 aromatic heterocycles. The first-order valence-corrected chi connectivity index (χ1v) is 9.71. The highest BCUT2D eigenvalue weighted by Crippen LogP contribution is 2.31. The van der Waals surface area contributed by atoms with E-state index in [0.717, 1.165) is 30.8 Å². The van der Waals surface area contributed by atoms with Crippen LogP contribution >= 0.6 is 0 Å². The highest BCUT2D eigenvalue weighted by molar-refractivity contribution is 6.05. The Kier molecular flexibility index (Phi) is 6.25. The molecule has 1 saturated heterocycles. The number of ether oxygens (including phenoxy) is 3. The molecule has 1 amide bonds. The van der Waals surface area contributed by atoms with Crippen LogP contribution in [0.2, 0.25) is 0 Å². The zero-order chi connectivity index (χ0) is 20.1. The summed E-state index contributed by atoms with van der Waals surface area (Å²) in [6, 6.07) is 13.0. The van der Waals surface area contributed by atoms with Crippen LogP contribution in [0.25, 0.3) is 0 Å². The molecule has 5 nitrogen and oxygen atoms in total. The standard InChI is InChI=1S/C23H29NO4/c1-23(2,3)17-9-12-21(26-4)20(14-17)24-22(25)16-7-10-18(11-8-16)28-15-19-6-5-13-27-19/h7-12,14,19H,5-6,13,15H2,1-4H3,(H,24,25)/t19-/m1/s1. The van der Waals surface area contributed by atoms with E-state index in [4.69, 9.17) is 14.2 Å². The second-order valence-electron chi connectivity index (χ2n) is 8.09. The van der Waals surface area contributed by atoms with Gasteiger partial charge in [-0.15, -0.1) is 0 Å². The molecule has 1 aliphatic rings. The first kappa shape index (κ1) is 20.2. The molecule has 2 aromatic rings. The zero-order valence-corrected chi connectivity index (χ0v) is 17.1. The van der Waals surface area contributed by atoms with Crippen molar-refractivity contribution in [2.75, 3.05) is 25.6 Å². The maximum absolute atomic E-state index is 12.7. The third-order valence-electron chi connectivity index (χ3n) is 4.89. The molecule has 1 fully saturated rings. The Morgan fingerprint density at radius 3 is 2.54 bits per heavy atom. The van der Waals surface area contributed by atoms with Gasteiger partial charge >= 0.3 is 0 Å². The molecule has 150 valence electrons. The van der Waals surface area contributed by atoms with Crippen LogP contribution in [0.4, 0.5) is 5.69 Å². The van der Waals surface area contributed by atoms with Gasteiger partial charge in [-0.1, -0.05) is 26.8 Å². The number of carbonyl (C=O) groups is 1. The number of benzene rings is 2. The number of anilines is 1. The van der Waals surface area contributed by atoms with Gasteiger partial charge in [-0.3, -0.25) is 4.79 Å². The van der Waals surface area contributed by atoms with Crippen molar-refractivity contribution >= 4 is 11.6 Å². The molecule has 2 aromatic carbocycles. The third kappa shape index (κ3) is 5.04. The molecular weight excluding hydrogens is 354 g/mol. The van der Waals surface area contributed by atoms with Crippen LogP contribution in [-0.2, 0) is 10.2 Å². The molecule has 1 atom stereocenters. The maximum Gasteiger partial charge on any atom is 0.255 e. The average molecular weight is 383 g/mol. The molecule has 0 spiro atoms. The van der Waals surface area contributed by atoms with Crippen molar-refractivity contribution in [3.05, 3.63) is 53.6 Å². The Morgan fingerprint density at radius 2 is 1.93 bits per heavy atom. The van der Waals surface area contributed by atoms with Crippen LogP contribution < -0.4 is 14.8 Å². The summed E-state index contributed by atoms with van der Waals surface area (Å²) < 4.78 is 16.7. The Bertz CT molecular complexity index is 802. The van der Waals surface area contributed by atoms with Crippen molar-refractivity contribution in [1.29, 1.82) is 0 Å². The third-order valence-corrected chi connectivity index (χ3v) is 4.89. The molecule has 1 aliphatic heterocycles. The first-order chi connectivity index (χ1) is 13.4. The Labute approximate surface area is 167 Å². The van der Waals surface area contributed by atoms with Crippen molar-refractivity contribution in [2.45, 2.75) is 45.1 Å². The quantitative estimate of drug-likeness (QED) is 0.778. The predicted octanol–water partition coefficient (Wildman–Crippen LogP) is 4.80. The summed E-state index contributed by atoms with van der Waals surface area (Å²) in [5.41, 5.74) is 2.33. The maximum atomic E-state index is 12.7. The van der Waals surface area contributed by atoms with Gasteiger partial charge in [-0.2, -0.15) is 0 Å². The van der Waals surface area contributed by atoms with E-state index in [9.17, 15) is 4.79 Å². The highest BCUT2D eigenvalue weighted by atomic mass is 16.5. The lowest BCUT2D eigenvalue weighted by Crippen LogP contribution is -2.17. The van der Waals surface area contributed by atoms with Gasteiger partial charge < -0.3 is 19.5 Å². The monoisotopic (exact) mass is 383 g/mol. The van der Waals surface area contributed by atoms with E-state index < -0.39 is 0 Å². The molecule has 28 heavy (non-hydrogen) atoms. The Hall–Kier alpha value is -2.53. The predicted molar refractivity (Wildman–Crippen MR) is 111 cm³/mol. The topological polar surface area (TPSA) is 56.8 Å². The molecule has 5 heteroatoms. The lowest BCUT2D eigenvalue weighted by molar-refractivity contribution is 0.0679. The van der Waals surface area contributed by atoms with Crippen LogP contribution in [0.3, 0.4) is 0 Å². The molecule has 0 saturated carbocycles. The minimum absolute atomic E-state index is 0.0201. The lowest BCUT2D eigenvalue weighted by Gasteiger charge is -2.21. The molecule has 3 rings (SSSR count). The molecule has 0 radical (unpaired) electrons. The van der Waals surface area contributed by atoms with Crippen molar-refractivity contribution in [3.63, 3.8) is 0 Å². The minimum Gasteiger partial charge on any atom is -0.495 e. The molecule has 1 N–H and O–H groups in total. The number of nitrogens with one attached hydrogen (secondary N) is 1. The van der Waals surface area contributed by atoms with Gasteiger partial charge in [-0.05, 0) is 60.2 Å². The average Bonchev–Trinajstić information content (AvgIpc) is 3.19. The summed E-state index contributed by atoms with van der Waals surface area (Å²) in [7, 11) is 1.60. The van der Waals surface area contributed by atoms with Crippen molar-refractivity contribution in [2.24, 2.45) is 0 Å². The van der Waals surface area contributed by atoms with Gasteiger partial charge in [0.25, 0.3) is 5.91 Å². The fourth-order valence-electron chi connectivity index (χ4n) is 3.13. The number of hydrogen-bond acceptors (Lipinski definition) is 4. The van der Waals surface area contributed by atoms with Crippen LogP contribution in [0, 0.1) is 0 Å². The Morgan fingerprint density at radius 1 is 1.18 bits per heavy atom. The molecular formula is C23H29NO4. The highest BCUT2D eigenvalue weighted by Gasteiger charge is 2.18. The van der Waals surface area contributed by atoms with Gasteiger partial charge in [-0.25, -0.2) is 0 Å². The SMILES string of the molecule is COc1ccc(C(C)(C)C)cc1NC(=O)c1ccc(OC[C@H]2CCCO2)cc1. The van der Waals surface area contributed by atoms with E-state index in [2.05, 4.69) is 26.1 Å². The van der Waals surface area contributed by atoms with Crippen LogP contribution in [0.5, 0.6) is 11.5 Å². The smallest absolute Gasteiger partial charge is 0.255 e. The fourth-order valence-corrected chi connectivity index (χ4v) is 3.13. The number of hydrogen-bond donors (Lipinski definition) is 1. The second-order valence-corrected chi connectivity index (χ2v) is 8.09. The summed E-state index contributed by atoms with van der Waals surface area (Å²) in [6.45, 7) is 7.76. The van der Waals surface area contributed by atoms with Crippen LogP contribution in [-0.4, -0.2) is 32.3 Å². The zero-order valence-electron chi connectivity index (χ0n) is 17.1. The van der Waals surface area contributed by atoms with E-state index in [1.165, 1.54) is 0 Å². The molecule has 1 heterocycles. The Balaban J connectivity index is 1.67. The van der Waals surface area contributed by atoms with E-state index in [0.29, 0.717) is 23.6 Å². The summed E-state index contributed by atoms with van der Waals surface area (Å²) in [4.78, 5) is 12.7. The van der Waals surface area contributed by atoms with E-state index >= 15 is 0 Å². The van der Waals surface area contributed by atoms with E-state index in [1.54, 1.807) is 19.2 Å². The van der Waals surface area contributed by atoms with Gasteiger partial charge in [0.15, 0.2) is 0 Å². The number of amides is 1. The summed E-state index contributed by atoms with van der Waals surface area (Å²) >= 11 is 0. The van der Waals surface area contributed by atoms with Crippen LogP contribution in [0.15, 0.2) is 42.5 Å². The lowest BCUT2D eigenvalue weighted by atomic mass is 9.87. The van der Waals surface area contributed by atoms with Gasteiger partial charge in [0.2, 0.25) is 0 Å². The normalized spacial score (nSPS) is 16.6. The largest absolute Gasteiger partial charge is 0.495 e. The fraction of sp³-hybridized carbons (Fsp3) is 0.435. The van der Waals surface area contributed by atoms with Gasteiger partial charge in [0, 0.05) is 12.2 Å². The first-order valence-electron chi connectivity index (χ1n) is 9.71. The molecule has 0 bridgehead atoms. The second kappa shape index (κ2) is 8.65. The summed E-state index contributed by atoms with van der Waals surface area (Å²) in [5.74, 6) is 1.19. The molecule has 0 aliphatic carbocycles.